The van der Waals surface area contributed by atoms with Gasteiger partial charge in [0.25, 0.3) is 5.91 Å². The van der Waals surface area contributed by atoms with Crippen LogP contribution in [0.25, 0.3) is 0 Å². The van der Waals surface area contributed by atoms with E-state index in [0.717, 1.165) is 25.9 Å². The van der Waals surface area contributed by atoms with Gasteiger partial charge in [-0.15, -0.1) is 0 Å². The fourth-order valence-corrected chi connectivity index (χ4v) is 4.46. The van der Waals surface area contributed by atoms with E-state index in [4.69, 9.17) is 0 Å². The summed E-state index contributed by atoms with van der Waals surface area (Å²) in [4.78, 5) is 14.7. The van der Waals surface area contributed by atoms with Gasteiger partial charge in [0.1, 0.15) is 0 Å². The van der Waals surface area contributed by atoms with E-state index >= 15 is 0 Å². The Morgan fingerprint density at radius 2 is 1.54 bits per heavy atom. The van der Waals surface area contributed by atoms with Crippen LogP contribution in [0.1, 0.15) is 23.2 Å². The molecular weight excluding hydrogens is 348 g/mol. The predicted molar refractivity (Wildman–Crippen MR) is 102 cm³/mol. The zero-order valence-electron chi connectivity index (χ0n) is 14.7. The molecule has 0 aromatic heterocycles. The van der Waals surface area contributed by atoms with Crippen molar-refractivity contribution in [2.75, 3.05) is 25.4 Å². The summed E-state index contributed by atoms with van der Waals surface area (Å²) in [6, 6.07) is 17.9. The molecule has 26 heavy (non-hydrogen) atoms. The largest absolute Gasteiger partial charge is 0.349 e. The summed E-state index contributed by atoms with van der Waals surface area (Å²) in [5.74, 6) is 0.0774. The van der Waals surface area contributed by atoms with Gasteiger partial charge in [-0.2, -0.15) is 0 Å². The van der Waals surface area contributed by atoms with E-state index in [0.29, 0.717) is 17.0 Å². The van der Waals surface area contributed by atoms with Gasteiger partial charge in [-0.05, 0) is 37.1 Å². The molecule has 1 amide bonds. The topological polar surface area (TPSA) is 66.5 Å². The SMILES string of the molecule is O=C(NC1CCN(CCS(=O)(=O)c2ccccc2)CC1)c1ccccc1. The van der Waals surface area contributed by atoms with E-state index in [2.05, 4.69) is 10.2 Å². The van der Waals surface area contributed by atoms with Crippen molar-refractivity contribution in [3.8, 4) is 0 Å². The van der Waals surface area contributed by atoms with Crippen LogP contribution in [0.2, 0.25) is 0 Å². The first-order valence-electron chi connectivity index (χ1n) is 8.91. The highest BCUT2D eigenvalue weighted by Crippen LogP contribution is 2.14. The quantitative estimate of drug-likeness (QED) is 0.845. The number of carbonyl (C=O) groups is 1. The van der Waals surface area contributed by atoms with Crippen LogP contribution >= 0.6 is 0 Å². The van der Waals surface area contributed by atoms with Gasteiger partial charge in [0.05, 0.1) is 10.6 Å². The first-order valence-corrected chi connectivity index (χ1v) is 10.6. The van der Waals surface area contributed by atoms with Gasteiger partial charge in [-0.25, -0.2) is 8.42 Å². The molecular formula is C20H24N2O3S. The number of nitrogens with zero attached hydrogens (tertiary/aromatic N) is 1. The zero-order valence-corrected chi connectivity index (χ0v) is 15.5. The smallest absolute Gasteiger partial charge is 0.251 e. The van der Waals surface area contributed by atoms with Gasteiger partial charge < -0.3 is 10.2 Å². The molecule has 3 rings (SSSR count). The Balaban J connectivity index is 1.45. The van der Waals surface area contributed by atoms with Gasteiger partial charge in [-0.1, -0.05) is 36.4 Å². The van der Waals surface area contributed by atoms with Crippen LogP contribution in [-0.4, -0.2) is 50.7 Å². The Labute approximate surface area is 154 Å². The number of carbonyl (C=O) groups excluding carboxylic acids is 1. The lowest BCUT2D eigenvalue weighted by Gasteiger charge is -2.32. The number of sulfone groups is 1. The van der Waals surface area contributed by atoms with Crippen molar-refractivity contribution in [2.45, 2.75) is 23.8 Å². The minimum atomic E-state index is -3.24. The molecule has 0 spiro atoms. The highest BCUT2D eigenvalue weighted by atomic mass is 32.2. The summed E-state index contributed by atoms with van der Waals surface area (Å²) in [6.45, 7) is 2.12. The van der Waals surface area contributed by atoms with E-state index in [-0.39, 0.29) is 17.7 Å². The van der Waals surface area contributed by atoms with Crippen LogP contribution in [0, 0.1) is 0 Å². The summed E-state index contributed by atoms with van der Waals surface area (Å²) in [5, 5.41) is 3.07. The Bertz CT molecular complexity index is 815. The van der Waals surface area contributed by atoms with E-state index in [1.165, 1.54) is 0 Å². The lowest BCUT2D eigenvalue weighted by molar-refractivity contribution is 0.0913. The maximum Gasteiger partial charge on any atom is 0.251 e. The molecule has 1 N–H and O–H groups in total. The highest BCUT2D eigenvalue weighted by Gasteiger charge is 2.23. The summed E-state index contributed by atoms with van der Waals surface area (Å²) in [7, 11) is -3.24. The fraction of sp³-hybridized carbons (Fsp3) is 0.350. The molecule has 0 saturated carbocycles. The third kappa shape index (κ3) is 4.93. The molecule has 5 nitrogen and oxygen atoms in total. The minimum absolute atomic E-state index is 0.0456. The number of nitrogens with one attached hydrogen (secondary N) is 1. The molecule has 0 unspecified atom stereocenters. The van der Waals surface area contributed by atoms with Crippen LogP contribution in [0.15, 0.2) is 65.6 Å². The molecule has 6 heteroatoms. The van der Waals surface area contributed by atoms with E-state index < -0.39 is 9.84 Å². The van der Waals surface area contributed by atoms with Crippen LogP contribution in [0.3, 0.4) is 0 Å². The van der Waals surface area contributed by atoms with Gasteiger partial charge in [0.2, 0.25) is 0 Å². The standard InChI is InChI=1S/C20H24N2O3S/c23-20(17-7-3-1-4-8-17)21-18-11-13-22(14-12-18)15-16-26(24,25)19-9-5-2-6-10-19/h1-10,18H,11-16H2,(H,21,23). The van der Waals surface area contributed by atoms with E-state index in [1.807, 2.05) is 24.3 Å². The van der Waals surface area contributed by atoms with Crippen molar-refractivity contribution in [2.24, 2.45) is 0 Å². The molecule has 0 radical (unpaired) electrons. The predicted octanol–water partition coefficient (Wildman–Crippen LogP) is 2.35. The third-order valence-electron chi connectivity index (χ3n) is 4.74. The Morgan fingerprint density at radius 3 is 2.15 bits per heavy atom. The Kier molecular flexibility index (Phi) is 6.06. The molecule has 1 aliphatic heterocycles. The van der Waals surface area contributed by atoms with Gasteiger partial charge in [0, 0.05) is 31.2 Å². The number of amides is 1. The number of rotatable bonds is 6. The van der Waals surface area contributed by atoms with Crippen LogP contribution in [-0.2, 0) is 9.84 Å². The highest BCUT2D eigenvalue weighted by molar-refractivity contribution is 7.91. The molecule has 1 heterocycles. The number of piperidine rings is 1. The molecule has 2 aromatic carbocycles. The number of hydrogen-bond acceptors (Lipinski definition) is 4. The minimum Gasteiger partial charge on any atom is -0.349 e. The van der Waals surface area contributed by atoms with Crippen molar-refractivity contribution >= 4 is 15.7 Å². The second kappa shape index (κ2) is 8.47. The van der Waals surface area contributed by atoms with Gasteiger partial charge in [-0.3, -0.25) is 4.79 Å². The van der Waals surface area contributed by atoms with Crippen molar-refractivity contribution in [1.29, 1.82) is 0 Å². The molecule has 0 aliphatic carbocycles. The van der Waals surface area contributed by atoms with Gasteiger partial charge in [0.15, 0.2) is 9.84 Å². The second-order valence-corrected chi connectivity index (χ2v) is 8.70. The third-order valence-corrected chi connectivity index (χ3v) is 6.45. The lowest BCUT2D eigenvalue weighted by atomic mass is 10.0. The van der Waals surface area contributed by atoms with Gasteiger partial charge >= 0.3 is 0 Å². The second-order valence-electron chi connectivity index (χ2n) is 6.59. The summed E-state index contributed by atoms with van der Waals surface area (Å²) in [6.07, 6.45) is 1.67. The first kappa shape index (κ1) is 18.6. The first-order chi connectivity index (χ1) is 12.5. The molecule has 138 valence electrons. The van der Waals surface area contributed by atoms with Crippen LogP contribution in [0.4, 0.5) is 0 Å². The Morgan fingerprint density at radius 1 is 0.962 bits per heavy atom. The average molecular weight is 372 g/mol. The normalized spacial score (nSPS) is 16.3. The monoisotopic (exact) mass is 372 g/mol. The van der Waals surface area contributed by atoms with Crippen molar-refractivity contribution in [3.63, 3.8) is 0 Å². The number of likely N-dealkylation sites (tertiary alicyclic amines) is 1. The summed E-state index contributed by atoms with van der Waals surface area (Å²) in [5.41, 5.74) is 0.670. The molecule has 0 atom stereocenters. The zero-order chi connectivity index (χ0) is 18.4. The maximum atomic E-state index is 12.4. The van der Waals surface area contributed by atoms with Crippen molar-refractivity contribution in [1.82, 2.24) is 10.2 Å². The number of hydrogen-bond donors (Lipinski definition) is 1. The molecule has 1 saturated heterocycles. The molecule has 2 aromatic rings. The van der Waals surface area contributed by atoms with Crippen LogP contribution in [0.5, 0.6) is 0 Å². The lowest BCUT2D eigenvalue weighted by Crippen LogP contribution is -2.45. The average Bonchev–Trinajstić information content (AvgIpc) is 2.69. The number of benzene rings is 2. The molecule has 0 bridgehead atoms. The van der Waals surface area contributed by atoms with E-state index in [9.17, 15) is 13.2 Å². The van der Waals surface area contributed by atoms with Crippen LogP contribution < -0.4 is 5.32 Å². The molecule has 1 fully saturated rings. The Hall–Kier alpha value is -2.18. The van der Waals surface area contributed by atoms with Crippen molar-refractivity contribution < 1.29 is 13.2 Å². The van der Waals surface area contributed by atoms with Crippen molar-refractivity contribution in [3.05, 3.63) is 66.2 Å². The molecule has 1 aliphatic rings. The summed E-state index contributed by atoms with van der Waals surface area (Å²) < 4.78 is 24.7. The fourth-order valence-electron chi connectivity index (χ4n) is 3.15. The maximum absolute atomic E-state index is 12.4. The summed E-state index contributed by atoms with van der Waals surface area (Å²) >= 11 is 0. The van der Waals surface area contributed by atoms with E-state index in [1.54, 1.807) is 36.4 Å².